The quantitative estimate of drug-likeness (QED) is 0.509. The molecule has 0 spiro atoms. The van der Waals surface area contributed by atoms with Crippen molar-refractivity contribution in [2.24, 2.45) is 0 Å². The van der Waals surface area contributed by atoms with Crippen LogP contribution in [0.15, 0.2) is 21.5 Å². The summed E-state index contributed by atoms with van der Waals surface area (Å²) in [4.78, 5) is 43.4. The van der Waals surface area contributed by atoms with Crippen molar-refractivity contribution in [3.63, 3.8) is 0 Å². The molecule has 1 saturated heterocycles. The molecule has 27 heavy (non-hydrogen) atoms. The van der Waals surface area contributed by atoms with Crippen molar-refractivity contribution in [1.29, 1.82) is 0 Å². The van der Waals surface area contributed by atoms with Crippen molar-refractivity contribution in [2.45, 2.75) is 32.6 Å². The third-order valence-corrected chi connectivity index (χ3v) is 4.75. The number of aromatic nitrogens is 2. The van der Waals surface area contributed by atoms with Gasteiger partial charge in [0.15, 0.2) is 11.3 Å². The van der Waals surface area contributed by atoms with Crippen molar-refractivity contribution < 1.29 is 19.1 Å². The molecule has 0 saturated carbocycles. The fourth-order valence-corrected chi connectivity index (χ4v) is 3.38. The summed E-state index contributed by atoms with van der Waals surface area (Å²) >= 11 is 3.38. The number of methoxy groups -OCH3 is 1. The molecule has 2 aromatic heterocycles. The Labute approximate surface area is 164 Å². The summed E-state index contributed by atoms with van der Waals surface area (Å²) in [5.74, 6) is -0.959. The highest BCUT2D eigenvalue weighted by molar-refractivity contribution is 9.10. The number of rotatable bonds is 6. The number of ether oxygens (including phenoxy) is 2. The number of unbranched alkanes of at least 4 members (excludes halogenated alkanes) is 1. The summed E-state index contributed by atoms with van der Waals surface area (Å²) in [5, 5.41) is 0. The van der Waals surface area contributed by atoms with E-state index in [-0.39, 0.29) is 29.6 Å². The molecule has 2 aromatic rings. The summed E-state index contributed by atoms with van der Waals surface area (Å²) in [5.41, 5.74) is -0.0320. The highest BCUT2D eigenvalue weighted by atomic mass is 79.9. The third-order valence-electron chi connectivity index (χ3n) is 4.32. The zero-order chi connectivity index (χ0) is 19.6. The van der Waals surface area contributed by atoms with Gasteiger partial charge >= 0.3 is 11.5 Å². The van der Waals surface area contributed by atoms with Crippen LogP contribution in [-0.4, -0.2) is 41.5 Å². The van der Waals surface area contributed by atoms with Gasteiger partial charge in [-0.05, 0) is 34.8 Å². The number of hydrogen-bond acceptors (Lipinski definition) is 6. The van der Waals surface area contributed by atoms with E-state index < -0.39 is 11.5 Å². The molecule has 9 heteroatoms. The van der Waals surface area contributed by atoms with Gasteiger partial charge in [0.25, 0.3) is 0 Å². The van der Waals surface area contributed by atoms with Crippen LogP contribution >= 0.6 is 15.9 Å². The maximum absolute atomic E-state index is 13.0. The second kappa shape index (κ2) is 8.08. The first-order valence-electron chi connectivity index (χ1n) is 8.75. The molecule has 3 heterocycles. The van der Waals surface area contributed by atoms with Gasteiger partial charge in [0.05, 0.1) is 19.4 Å². The standard InChI is InChI=1S/C18H20BrN3O5/c1-3-4-8-27-15-14(18(25)26-2)20-16-12(21-7-5-6-13(21)23)9-11(19)10-22(16)17(15)24/h9-10H,3-8H2,1-2H3. The van der Waals surface area contributed by atoms with Crippen LogP contribution in [0.3, 0.4) is 0 Å². The lowest BCUT2D eigenvalue weighted by molar-refractivity contribution is -0.117. The molecule has 3 rings (SSSR count). The van der Waals surface area contributed by atoms with E-state index in [9.17, 15) is 14.4 Å². The highest BCUT2D eigenvalue weighted by Crippen LogP contribution is 2.29. The summed E-state index contributed by atoms with van der Waals surface area (Å²) in [7, 11) is 1.22. The van der Waals surface area contributed by atoms with Crippen LogP contribution in [0.4, 0.5) is 5.69 Å². The zero-order valence-corrected chi connectivity index (χ0v) is 16.7. The minimum atomic E-state index is -0.761. The number of carbonyl (C=O) groups is 2. The van der Waals surface area contributed by atoms with Crippen molar-refractivity contribution >= 4 is 39.1 Å². The summed E-state index contributed by atoms with van der Waals surface area (Å²) in [6.07, 6.45) is 4.31. The Hall–Kier alpha value is -2.42. The fourth-order valence-electron chi connectivity index (χ4n) is 2.96. The fraction of sp³-hybridized carbons (Fsp3) is 0.444. The average molecular weight is 438 g/mol. The van der Waals surface area contributed by atoms with Crippen LogP contribution in [0.5, 0.6) is 5.75 Å². The topological polar surface area (TPSA) is 90.2 Å². The second-order valence-electron chi connectivity index (χ2n) is 6.17. The van der Waals surface area contributed by atoms with Crippen molar-refractivity contribution in [3.05, 3.63) is 32.8 Å². The van der Waals surface area contributed by atoms with Gasteiger partial charge in [0.1, 0.15) is 0 Å². The molecule has 0 atom stereocenters. The van der Waals surface area contributed by atoms with Gasteiger partial charge in [-0.1, -0.05) is 13.3 Å². The van der Waals surface area contributed by atoms with Gasteiger partial charge in [-0.15, -0.1) is 0 Å². The number of pyridine rings is 1. The predicted molar refractivity (Wildman–Crippen MR) is 102 cm³/mol. The first-order valence-corrected chi connectivity index (χ1v) is 9.54. The molecule has 1 aliphatic rings. The Morgan fingerprint density at radius 2 is 2.15 bits per heavy atom. The van der Waals surface area contributed by atoms with E-state index in [1.165, 1.54) is 11.5 Å². The zero-order valence-electron chi connectivity index (χ0n) is 15.2. The molecule has 0 bridgehead atoms. The summed E-state index contributed by atoms with van der Waals surface area (Å²) in [6, 6.07) is 1.71. The van der Waals surface area contributed by atoms with Crippen LogP contribution in [0.25, 0.3) is 5.65 Å². The van der Waals surface area contributed by atoms with Crippen LogP contribution in [-0.2, 0) is 9.53 Å². The Kier molecular flexibility index (Phi) is 5.79. The molecule has 1 amide bonds. The van der Waals surface area contributed by atoms with E-state index in [0.29, 0.717) is 23.1 Å². The van der Waals surface area contributed by atoms with E-state index in [4.69, 9.17) is 9.47 Å². The third kappa shape index (κ3) is 3.69. The smallest absolute Gasteiger partial charge is 0.360 e. The van der Waals surface area contributed by atoms with E-state index in [2.05, 4.69) is 20.9 Å². The molecule has 0 radical (unpaired) electrons. The number of carbonyl (C=O) groups excluding carboxylic acids is 2. The Morgan fingerprint density at radius 3 is 2.78 bits per heavy atom. The number of hydrogen-bond donors (Lipinski definition) is 0. The molecular formula is C18H20BrN3O5. The van der Waals surface area contributed by atoms with E-state index >= 15 is 0 Å². The van der Waals surface area contributed by atoms with Crippen LogP contribution in [0.2, 0.25) is 0 Å². The average Bonchev–Trinajstić information content (AvgIpc) is 3.08. The summed E-state index contributed by atoms with van der Waals surface area (Å²) in [6.45, 7) is 2.81. The molecule has 8 nitrogen and oxygen atoms in total. The monoisotopic (exact) mass is 437 g/mol. The van der Waals surface area contributed by atoms with Gasteiger partial charge < -0.3 is 14.4 Å². The minimum Gasteiger partial charge on any atom is -0.486 e. The maximum atomic E-state index is 13.0. The SMILES string of the molecule is CCCCOc1c(C(=O)OC)nc2c(N3CCCC3=O)cc(Br)cn2c1=O. The van der Waals surface area contributed by atoms with Crippen LogP contribution < -0.4 is 15.2 Å². The molecule has 1 aliphatic heterocycles. The Balaban J connectivity index is 2.25. The molecule has 0 unspecified atom stereocenters. The Morgan fingerprint density at radius 1 is 1.37 bits per heavy atom. The predicted octanol–water partition coefficient (Wildman–Crippen LogP) is 2.55. The van der Waals surface area contributed by atoms with Gasteiger partial charge in [0.2, 0.25) is 11.7 Å². The van der Waals surface area contributed by atoms with Crippen molar-refractivity contribution in [2.75, 3.05) is 25.2 Å². The number of amides is 1. The van der Waals surface area contributed by atoms with E-state index in [1.54, 1.807) is 17.2 Å². The molecule has 0 aliphatic carbocycles. The second-order valence-corrected chi connectivity index (χ2v) is 7.09. The Bertz CT molecular complexity index is 956. The van der Waals surface area contributed by atoms with E-state index in [0.717, 1.165) is 19.3 Å². The first kappa shape index (κ1) is 19.3. The maximum Gasteiger partial charge on any atom is 0.360 e. The normalized spacial score (nSPS) is 14.0. The molecule has 1 fully saturated rings. The molecule has 144 valence electrons. The lowest BCUT2D eigenvalue weighted by Crippen LogP contribution is -2.28. The van der Waals surface area contributed by atoms with Gasteiger partial charge in [0, 0.05) is 23.6 Å². The minimum absolute atomic E-state index is 0.0489. The lowest BCUT2D eigenvalue weighted by atomic mass is 10.3. The number of nitrogens with zero attached hydrogens (tertiary/aromatic N) is 3. The van der Waals surface area contributed by atoms with Gasteiger partial charge in [-0.2, -0.15) is 0 Å². The van der Waals surface area contributed by atoms with Gasteiger partial charge in [-0.25, -0.2) is 9.78 Å². The highest BCUT2D eigenvalue weighted by Gasteiger charge is 2.28. The van der Waals surface area contributed by atoms with Gasteiger partial charge in [-0.3, -0.25) is 14.0 Å². The largest absolute Gasteiger partial charge is 0.486 e. The number of esters is 1. The molecule has 0 aromatic carbocycles. The van der Waals surface area contributed by atoms with Crippen LogP contribution in [0.1, 0.15) is 43.1 Å². The lowest BCUT2D eigenvalue weighted by Gasteiger charge is -2.19. The number of anilines is 1. The van der Waals surface area contributed by atoms with Crippen molar-refractivity contribution in [1.82, 2.24) is 9.38 Å². The summed E-state index contributed by atoms with van der Waals surface area (Å²) < 4.78 is 12.3. The first-order chi connectivity index (χ1) is 13.0. The number of fused-ring (bicyclic) bond motifs is 1. The number of halogens is 1. The van der Waals surface area contributed by atoms with Crippen LogP contribution in [0, 0.1) is 0 Å². The molecule has 0 N–H and O–H groups in total. The van der Waals surface area contributed by atoms with E-state index in [1.807, 2.05) is 6.92 Å². The van der Waals surface area contributed by atoms with Crippen molar-refractivity contribution in [3.8, 4) is 5.75 Å². The molecular weight excluding hydrogens is 418 g/mol.